The van der Waals surface area contributed by atoms with E-state index in [9.17, 15) is 13.2 Å². The first-order chi connectivity index (χ1) is 13.3. The van der Waals surface area contributed by atoms with Crippen molar-refractivity contribution in [3.05, 3.63) is 53.6 Å². The van der Waals surface area contributed by atoms with E-state index in [2.05, 4.69) is 23.9 Å². The lowest BCUT2D eigenvalue weighted by molar-refractivity contribution is 0.247. The van der Waals surface area contributed by atoms with Gasteiger partial charge in [0.25, 0.3) is 10.0 Å². The molecule has 28 heavy (non-hydrogen) atoms. The van der Waals surface area contributed by atoms with E-state index in [0.29, 0.717) is 31.1 Å². The lowest BCUT2D eigenvalue weighted by Gasteiger charge is -2.18. The molecule has 2 aromatic rings. The molecule has 150 valence electrons. The molecule has 0 saturated heterocycles. The average Bonchev–Trinajstić information content (AvgIpc) is 3.09. The second kappa shape index (κ2) is 8.22. The minimum absolute atomic E-state index is 0.139. The molecule has 1 aliphatic heterocycles. The van der Waals surface area contributed by atoms with E-state index in [1.54, 1.807) is 35.2 Å². The number of carbonyl (C=O) groups excluding carboxylic acids is 1. The number of hydrogen-bond acceptors (Lipinski definition) is 3. The highest BCUT2D eigenvalue weighted by Gasteiger charge is 2.26. The van der Waals surface area contributed by atoms with Crippen molar-refractivity contribution >= 4 is 27.4 Å². The number of urea groups is 1. The molecule has 0 aliphatic carbocycles. The summed E-state index contributed by atoms with van der Waals surface area (Å²) in [7, 11) is -3.69. The monoisotopic (exact) mass is 401 g/mol. The molecule has 3 rings (SSSR count). The van der Waals surface area contributed by atoms with Gasteiger partial charge in [-0.05, 0) is 60.2 Å². The number of fused-ring (bicyclic) bond motifs is 1. The van der Waals surface area contributed by atoms with E-state index >= 15 is 0 Å². The van der Waals surface area contributed by atoms with Crippen molar-refractivity contribution in [1.29, 1.82) is 0 Å². The summed E-state index contributed by atoms with van der Waals surface area (Å²) in [6.45, 7) is 7.36. The number of nitrogens with one attached hydrogen (secondary N) is 2. The maximum absolute atomic E-state index is 12.8. The largest absolute Gasteiger partial charge is 0.338 e. The maximum Gasteiger partial charge on any atom is 0.321 e. The molecule has 0 bridgehead atoms. The lowest BCUT2D eigenvalue weighted by atomic mass is 10.0. The third kappa shape index (κ3) is 4.30. The fraction of sp³-hybridized carbons (Fsp3) is 0.381. The summed E-state index contributed by atoms with van der Waals surface area (Å²) in [5.41, 5.74) is 3.32. The fourth-order valence-corrected chi connectivity index (χ4v) is 4.34. The third-order valence-corrected chi connectivity index (χ3v) is 6.24. The summed E-state index contributed by atoms with van der Waals surface area (Å²) in [6.07, 6.45) is 1.51. The standard InChI is InChI=1S/C21H27N3O3S/c1-4-12-22-21(25)24-13-11-17-14-19(9-10-20(17)24)28(26,27)23-18-7-5-16(6-8-18)15(2)3/h5-10,14-15,23H,4,11-13H2,1-3H3,(H,22,25). The predicted octanol–water partition coefficient (Wildman–Crippen LogP) is 4.09. The van der Waals surface area contributed by atoms with Crippen molar-refractivity contribution < 1.29 is 13.2 Å². The Hall–Kier alpha value is -2.54. The van der Waals surface area contributed by atoms with E-state index in [-0.39, 0.29) is 10.9 Å². The zero-order valence-electron chi connectivity index (χ0n) is 16.5. The Morgan fingerprint density at radius 1 is 1.14 bits per heavy atom. The number of hydrogen-bond donors (Lipinski definition) is 2. The van der Waals surface area contributed by atoms with Gasteiger partial charge in [0.05, 0.1) is 4.90 Å². The Labute approximate surface area is 167 Å². The van der Waals surface area contributed by atoms with Crippen LogP contribution in [0.5, 0.6) is 0 Å². The van der Waals surface area contributed by atoms with Crippen molar-refractivity contribution in [3.8, 4) is 0 Å². The highest BCUT2D eigenvalue weighted by molar-refractivity contribution is 7.92. The molecule has 0 unspecified atom stereocenters. The molecule has 0 aromatic heterocycles. The fourth-order valence-electron chi connectivity index (χ4n) is 3.23. The number of rotatable bonds is 6. The van der Waals surface area contributed by atoms with Crippen LogP contribution in [0.2, 0.25) is 0 Å². The van der Waals surface area contributed by atoms with E-state index < -0.39 is 10.0 Å². The van der Waals surface area contributed by atoms with Gasteiger partial charge in [0.1, 0.15) is 0 Å². The van der Waals surface area contributed by atoms with Crippen LogP contribution in [0, 0.1) is 0 Å². The molecule has 0 spiro atoms. The van der Waals surface area contributed by atoms with Gasteiger partial charge in [-0.15, -0.1) is 0 Å². The molecule has 7 heteroatoms. The van der Waals surface area contributed by atoms with E-state index in [1.807, 2.05) is 19.1 Å². The van der Waals surface area contributed by atoms with E-state index in [4.69, 9.17) is 0 Å². The predicted molar refractivity (Wildman–Crippen MR) is 113 cm³/mol. The van der Waals surface area contributed by atoms with Crippen LogP contribution in [0.1, 0.15) is 44.2 Å². The number of carbonyl (C=O) groups is 1. The number of nitrogens with zero attached hydrogens (tertiary/aromatic N) is 1. The molecular formula is C21H27N3O3S. The quantitative estimate of drug-likeness (QED) is 0.765. The molecule has 0 fully saturated rings. The first-order valence-electron chi connectivity index (χ1n) is 9.63. The Morgan fingerprint density at radius 2 is 1.86 bits per heavy atom. The molecule has 0 radical (unpaired) electrons. The van der Waals surface area contributed by atoms with E-state index in [1.165, 1.54) is 0 Å². The number of sulfonamides is 1. The minimum atomic E-state index is -3.69. The van der Waals surface area contributed by atoms with Gasteiger partial charge in [0, 0.05) is 24.5 Å². The lowest BCUT2D eigenvalue weighted by Crippen LogP contribution is -2.39. The average molecular weight is 402 g/mol. The summed E-state index contributed by atoms with van der Waals surface area (Å²) < 4.78 is 28.2. The zero-order valence-corrected chi connectivity index (χ0v) is 17.3. The summed E-state index contributed by atoms with van der Waals surface area (Å²) in [5.74, 6) is 0.389. The summed E-state index contributed by atoms with van der Waals surface area (Å²) in [6, 6.07) is 12.2. The number of amides is 2. The van der Waals surface area contributed by atoms with Crippen molar-refractivity contribution in [2.45, 2.75) is 44.4 Å². The molecule has 0 atom stereocenters. The van der Waals surface area contributed by atoms with Crippen LogP contribution in [-0.2, 0) is 16.4 Å². The normalized spacial score (nSPS) is 13.5. The Balaban J connectivity index is 1.78. The first kappa shape index (κ1) is 20.2. The van der Waals surface area contributed by atoms with Crippen LogP contribution < -0.4 is 14.9 Å². The molecule has 2 aromatic carbocycles. The van der Waals surface area contributed by atoms with Gasteiger partial charge in [0.15, 0.2) is 0 Å². The van der Waals surface area contributed by atoms with Crippen LogP contribution in [-0.4, -0.2) is 27.5 Å². The molecule has 1 aliphatic rings. The van der Waals surface area contributed by atoms with Crippen molar-refractivity contribution in [2.24, 2.45) is 0 Å². The Morgan fingerprint density at radius 3 is 2.50 bits per heavy atom. The van der Waals surface area contributed by atoms with Crippen LogP contribution in [0.25, 0.3) is 0 Å². The second-order valence-corrected chi connectivity index (χ2v) is 8.99. The van der Waals surface area contributed by atoms with E-state index in [0.717, 1.165) is 23.2 Å². The van der Waals surface area contributed by atoms with Crippen molar-refractivity contribution in [2.75, 3.05) is 22.7 Å². The molecular weight excluding hydrogens is 374 g/mol. The molecule has 0 saturated carbocycles. The van der Waals surface area contributed by atoms with Crippen LogP contribution in [0.4, 0.5) is 16.2 Å². The van der Waals surface area contributed by atoms with Crippen LogP contribution in [0.15, 0.2) is 47.4 Å². The van der Waals surface area contributed by atoms with Gasteiger partial charge in [-0.1, -0.05) is 32.9 Å². The summed E-state index contributed by atoms with van der Waals surface area (Å²) in [4.78, 5) is 14.1. The smallest absolute Gasteiger partial charge is 0.321 e. The highest BCUT2D eigenvalue weighted by Crippen LogP contribution is 2.31. The third-order valence-electron chi connectivity index (χ3n) is 4.86. The van der Waals surface area contributed by atoms with Crippen molar-refractivity contribution in [3.63, 3.8) is 0 Å². The van der Waals surface area contributed by atoms with Gasteiger partial charge in [-0.2, -0.15) is 0 Å². The van der Waals surface area contributed by atoms with Crippen LogP contribution in [0.3, 0.4) is 0 Å². The van der Waals surface area contributed by atoms with Gasteiger partial charge < -0.3 is 5.32 Å². The van der Waals surface area contributed by atoms with Gasteiger partial charge in [0.2, 0.25) is 0 Å². The topological polar surface area (TPSA) is 78.5 Å². The van der Waals surface area contributed by atoms with Gasteiger partial charge in [-0.25, -0.2) is 13.2 Å². The summed E-state index contributed by atoms with van der Waals surface area (Å²) >= 11 is 0. The molecule has 2 amide bonds. The second-order valence-electron chi connectivity index (χ2n) is 7.31. The molecule has 1 heterocycles. The Bertz CT molecular complexity index is 953. The summed E-state index contributed by atoms with van der Waals surface area (Å²) in [5, 5.41) is 2.86. The Kier molecular flexibility index (Phi) is 5.93. The number of benzene rings is 2. The van der Waals surface area contributed by atoms with Gasteiger partial charge in [-0.3, -0.25) is 9.62 Å². The highest BCUT2D eigenvalue weighted by atomic mass is 32.2. The van der Waals surface area contributed by atoms with Crippen molar-refractivity contribution in [1.82, 2.24) is 5.32 Å². The minimum Gasteiger partial charge on any atom is -0.338 e. The maximum atomic E-state index is 12.8. The molecule has 6 nitrogen and oxygen atoms in total. The van der Waals surface area contributed by atoms with Crippen LogP contribution >= 0.6 is 0 Å². The number of anilines is 2. The SMILES string of the molecule is CCCNC(=O)N1CCc2cc(S(=O)(=O)Nc3ccc(C(C)C)cc3)ccc21. The first-order valence-corrected chi connectivity index (χ1v) is 11.1. The molecule has 2 N–H and O–H groups in total. The van der Waals surface area contributed by atoms with Gasteiger partial charge >= 0.3 is 6.03 Å². The zero-order chi connectivity index (χ0) is 20.3.